The first kappa shape index (κ1) is 96.3. The predicted molar refractivity (Wildman–Crippen MR) is 386 cm³/mol. The molecular formula is C68H97N17O28. The average molecular weight is 1600 g/mol. The number of carboxylic acids is 6. The molecule has 0 bridgehead atoms. The van der Waals surface area contributed by atoms with E-state index in [1.165, 1.54) is 0 Å². The van der Waals surface area contributed by atoms with Gasteiger partial charge in [0.05, 0.1) is 38.7 Å². The standard InChI is InChI=1S/C68H97N17O28/c1-34(76-63(107)43(19-24-55(97)98)82-67(111)45(28-37-13-7-4-8-14-37)85-64(108)39(15-9-10-26-69)80-59(103)38(70)27-36-11-5-3-6-12-36)57(101)75-35(2)58(102)84-46(29-48(71)87)61(105)73-30-49(88)77-41(17-22-53(93)94)65(109)81-40(16-21-52(91)92)60(104)72-32-51(90)79-47(33-86)62(106)74-31-50(89)78-42(18-23-54(95)96)66(110)83-44(68(112)113)20-25-56(99)100/h3-8,11-14,34-35,38-47,86H,9-10,15-33,69-70H2,1-2H3,(H2,71,87)(H,72,104)(H,73,105)(H,74,106)(H,75,101)(H,76,107)(H,77,88)(H,78,89)(H,79,90)(H,80,103)(H,81,109)(H,82,111)(H,83,110)(H,84,102)(H,85,108)(H,91,92)(H,93,94)(H,95,96)(H,97,98)(H,99,100)(H,112,113)/t34-,35-,38-,39-,40-,41-,42-,43-,44-,45-,46-,47-/m0/s1. The van der Waals surface area contributed by atoms with E-state index in [-0.39, 0.29) is 25.8 Å². The molecule has 15 amide bonds. The van der Waals surface area contributed by atoms with Gasteiger partial charge in [0.2, 0.25) is 88.6 Å². The highest BCUT2D eigenvalue weighted by molar-refractivity contribution is 6.00. The fraction of sp³-hybridized carbons (Fsp3) is 0.515. The first-order chi connectivity index (χ1) is 53.2. The Kier molecular flexibility index (Phi) is 43.3. The van der Waals surface area contributed by atoms with Crippen LogP contribution in [0.3, 0.4) is 0 Å². The number of amides is 15. The summed E-state index contributed by atoms with van der Waals surface area (Å²) >= 11 is 0. The number of aliphatic carboxylic acids is 6. The lowest BCUT2D eigenvalue weighted by atomic mass is 10.0. The Labute approximate surface area is 644 Å². The second-order valence-electron chi connectivity index (χ2n) is 25.5. The molecule has 113 heavy (non-hydrogen) atoms. The Morgan fingerprint density at radius 3 is 1.04 bits per heavy atom. The van der Waals surface area contributed by atoms with Crippen LogP contribution in [0.4, 0.5) is 0 Å². The minimum Gasteiger partial charge on any atom is -0.481 e. The number of aliphatic hydroxyl groups excluding tert-OH is 1. The Hall–Kier alpha value is -12.8. The largest absolute Gasteiger partial charge is 0.481 e. The summed E-state index contributed by atoms with van der Waals surface area (Å²) in [7, 11) is 0. The molecule has 622 valence electrons. The fourth-order valence-corrected chi connectivity index (χ4v) is 10.1. The van der Waals surface area contributed by atoms with Crippen LogP contribution in [0, 0.1) is 0 Å². The van der Waals surface area contributed by atoms with E-state index in [2.05, 4.69) is 53.2 Å². The maximum absolute atomic E-state index is 14.2. The Balaban J connectivity index is 2.18. The molecule has 2 rings (SSSR count). The van der Waals surface area contributed by atoms with E-state index in [1.54, 1.807) is 60.7 Å². The summed E-state index contributed by atoms with van der Waals surface area (Å²) in [6.07, 6.45) is -7.29. The van der Waals surface area contributed by atoms with Crippen LogP contribution in [0.1, 0.15) is 115 Å². The molecule has 0 saturated heterocycles. The summed E-state index contributed by atoms with van der Waals surface area (Å²) in [4.78, 5) is 269. The molecule has 0 aliphatic heterocycles. The van der Waals surface area contributed by atoms with Crippen LogP contribution in [0.2, 0.25) is 0 Å². The second-order valence-corrected chi connectivity index (χ2v) is 25.5. The number of nitrogens with two attached hydrogens (primary N) is 3. The lowest BCUT2D eigenvalue weighted by Crippen LogP contribution is -2.60. The molecule has 0 fully saturated rings. The van der Waals surface area contributed by atoms with Gasteiger partial charge in [0.1, 0.15) is 66.5 Å². The van der Waals surface area contributed by atoms with E-state index in [1.807, 2.05) is 21.3 Å². The quantitative estimate of drug-likeness (QED) is 0.0274. The van der Waals surface area contributed by atoms with Crippen LogP contribution >= 0.6 is 0 Å². The summed E-state index contributed by atoms with van der Waals surface area (Å²) in [6.45, 7) is -1.92. The minimum atomic E-state index is -1.92. The van der Waals surface area contributed by atoms with E-state index in [0.717, 1.165) is 19.4 Å². The number of primary amides is 1. The van der Waals surface area contributed by atoms with E-state index < -0.39 is 294 Å². The molecule has 0 radical (unpaired) electrons. The van der Waals surface area contributed by atoms with E-state index in [9.17, 15) is 126 Å². The summed E-state index contributed by atoms with van der Waals surface area (Å²) in [5, 5.41) is 96.5. The van der Waals surface area contributed by atoms with Gasteiger partial charge in [0, 0.05) is 38.5 Å². The smallest absolute Gasteiger partial charge is 0.326 e. The Morgan fingerprint density at radius 1 is 0.336 bits per heavy atom. The van der Waals surface area contributed by atoms with Crippen molar-refractivity contribution in [3.63, 3.8) is 0 Å². The molecule has 0 aliphatic carbocycles. The van der Waals surface area contributed by atoms with Crippen molar-refractivity contribution in [1.29, 1.82) is 0 Å². The van der Waals surface area contributed by atoms with Gasteiger partial charge in [0.15, 0.2) is 0 Å². The van der Waals surface area contributed by atoms with Crippen molar-refractivity contribution >= 4 is 124 Å². The van der Waals surface area contributed by atoms with Crippen LogP contribution in [0.15, 0.2) is 60.7 Å². The number of rotatable bonds is 55. The molecule has 0 spiro atoms. The number of hydrogen-bond donors (Lipinski definition) is 24. The maximum atomic E-state index is 14.2. The van der Waals surface area contributed by atoms with Crippen molar-refractivity contribution in [3.05, 3.63) is 71.8 Å². The van der Waals surface area contributed by atoms with Gasteiger partial charge in [-0.05, 0) is 89.3 Å². The van der Waals surface area contributed by atoms with Crippen molar-refractivity contribution < 1.29 is 136 Å². The average Bonchev–Trinajstić information content (AvgIpc) is 0.854. The van der Waals surface area contributed by atoms with Crippen molar-refractivity contribution in [3.8, 4) is 0 Å². The molecule has 0 saturated carbocycles. The molecule has 45 nitrogen and oxygen atoms in total. The second kappa shape index (κ2) is 50.8. The van der Waals surface area contributed by atoms with Gasteiger partial charge in [0.25, 0.3) is 0 Å². The number of aliphatic hydroxyl groups is 1. The normalized spacial score (nSPS) is 14.0. The lowest BCUT2D eigenvalue weighted by Gasteiger charge is -2.27. The van der Waals surface area contributed by atoms with E-state index >= 15 is 0 Å². The van der Waals surface area contributed by atoms with Gasteiger partial charge in [-0.3, -0.25) is 95.9 Å². The molecule has 0 heterocycles. The zero-order valence-corrected chi connectivity index (χ0v) is 61.5. The molecule has 12 atom stereocenters. The monoisotopic (exact) mass is 1600 g/mol. The molecule has 27 N–H and O–H groups in total. The van der Waals surface area contributed by atoms with Gasteiger partial charge >= 0.3 is 35.8 Å². The third kappa shape index (κ3) is 39.4. The number of hydrogen-bond acceptors (Lipinski definition) is 24. The topological polar surface area (TPSA) is 747 Å². The zero-order chi connectivity index (χ0) is 85.0. The molecule has 0 aromatic heterocycles. The number of carboxylic acid groups (broad SMARTS) is 6. The van der Waals surface area contributed by atoms with Crippen LogP contribution in [-0.4, -0.2) is 265 Å². The highest BCUT2D eigenvalue weighted by Gasteiger charge is 2.36. The molecule has 0 aliphatic rings. The predicted octanol–water partition coefficient (Wildman–Crippen LogP) is -9.07. The number of carbonyl (C=O) groups is 21. The summed E-state index contributed by atoms with van der Waals surface area (Å²) in [5.41, 5.74) is 18.5. The van der Waals surface area contributed by atoms with Crippen LogP contribution < -0.4 is 91.6 Å². The number of unbranched alkanes of at least 4 members (excludes halogenated alkanes) is 1. The van der Waals surface area contributed by atoms with Gasteiger partial charge in [-0.25, -0.2) is 4.79 Å². The van der Waals surface area contributed by atoms with Gasteiger partial charge < -0.3 is 127 Å². The lowest BCUT2D eigenvalue weighted by molar-refractivity contribution is -0.144. The van der Waals surface area contributed by atoms with Crippen molar-refractivity contribution in [2.45, 2.75) is 189 Å². The number of carbonyl (C=O) groups excluding carboxylic acids is 15. The molecule has 45 heteroatoms. The summed E-state index contributed by atoms with van der Waals surface area (Å²) < 4.78 is 0. The third-order valence-corrected chi connectivity index (χ3v) is 16.2. The number of nitrogens with one attached hydrogen (secondary N) is 14. The Morgan fingerprint density at radius 2 is 0.637 bits per heavy atom. The highest BCUT2D eigenvalue weighted by Crippen LogP contribution is 2.12. The molecule has 2 aromatic carbocycles. The zero-order valence-electron chi connectivity index (χ0n) is 61.5. The first-order valence-corrected chi connectivity index (χ1v) is 35.1. The van der Waals surface area contributed by atoms with Crippen molar-refractivity contribution in [2.24, 2.45) is 17.2 Å². The number of benzene rings is 2. The van der Waals surface area contributed by atoms with Crippen LogP contribution in [0.25, 0.3) is 0 Å². The van der Waals surface area contributed by atoms with Crippen molar-refractivity contribution in [1.82, 2.24) is 74.4 Å². The molecule has 2 aromatic rings. The molecular weight excluding hydrogens is 1500 g/mol. The van der Waals surface area contributed by atoms with E-state index in [0.29, 0.717) is 18.4 Å². The minimum absolute atomic E-state index is 0.0670. The van der Waals surface area contributed by atoms with Gasteiger partial charge in [-0.1, -0.05) is 60.7 Å². The third-order valence-electron chi connectivity index (χ3n) is 16.2. The van der Waals surface area contributed by atoms with Crippen molar-refractivity contribution in [2.75, 3.05) is 32.8 Å². The van der Waals surface area contributed by atoms with Gasteiger partial charge in [-0.2, -0.15) is 0 Å². The van der Waals surface area contributed by atoms with Gasteiger partial charge in [-0.15, -0.1) is 0 Å². The fourth-order valence-electron chi connectivity index (χ4n) is 10.1. The summed E-state index contributed by atoms with van der Waals surface area (Å²) in [6, 6.07) is -2.77. The van der Waals surface area contributed by atoms with E-state index in [4.69, 9.17) is 27.4 Å². The molecule has 0 unspecified atom stereocenters. The van der Waals surface area contributed by atoms with Crippen LogP contribution in [-0.2, 0) is 114 Å². The van der Waals surface area contributed by atoms with Crippen LogP contribution in [0.5, 0.6) is 0 Å². The Bertz CT molecular complexity index is 3700. The highest BCUT2D eigenvalue weighted by atomic mass is 16.4. The summed E-state index contributed by atoms with van der Waals surface area (Å²) in [5.74, 6) is -26.3. The first-order valence-electron chi connectivity index (χ1n) is 35.1. The maximum Gasteiger partial charge on any atom is 0.326 e. The SMILES string of the molecule is C[C@H](NC(=O)[C@H](C)NC(=O)[C@H](CCC(=O)O)NC(=O)[C@H](Cc1ccccc1)NC(=O)[C@H](CCCCN)NC(=O)[C@@H](N)Cc1ccccc1)C(=O)N[C@@H](CC(N)=O)C(=O)NCC(=O)N[C@@H](CCC(=O)O)C(=O)N[C@@H](CCC(=O)O)C(=O)NCC(=O)N[C@@H](CO)C(=O)NCC(=O)N[C@@H](CCC(=O)O)C(=O)N[C@@H](CCC(=O)O)C(=O)O.